The van der Waals surface area contributed by atoms with Crippen molar-refractivity contribution in [1.82, 2.24) is 25.0 Å². The zero-order valence-corrected chi connectivity index (χ0v) is 15.3. The Hall–Kier alpha value is -2.90. The number of carbonyl (C=O) groups is 1. The second-order valence-corrected chi connectivity index (χ2v) is 6.15. The number of nitrogens with one attached hydrogen (secondary N) is 1. The summed E-state index contributed by atoms with van der Waals surface area (Å²) >= 11 is 0. The van der Waals surface area contributed by atoms with E-state index in [1.165, 1.54) is 0 Å². The molecule has 0 unspecified atom stereocenters. The third-order valence-corrected chi connectivity index (χ3v) is 4.21. The summed E-state index contributed by atoms with van der Waals surface area (Å²) in [6.45, 7) is 5.09. The van der Waals surface area contributed by atoms with Crippen LogP contribution in [0.3, 0.4) is 0 Å². The number of pyridine rings is 1. The molecule has 1 amide bonds. The van der Waals surface area contributed by atoms with Gasteiger partial charge in [-0.05, 0) is 19.1 Å². The summed E-state index contributed by atoms with van der Waals surface area (Å²) in [5, 5.41) is 7.43. The molecular formula is C18H25N7O. The van der Waals surface area contributed by atoms with Gasteiger partial charge in [-0.3, -0.25) is 19.5 Å². The van der Waals surface area contributed by atoms with Gasteiger partial charge in [0.15, 0.2) is 5.96 Å². The molecule has 1 N–H and O–H groups in total. The highest BCUT2D eigenvalue weighted by molar-refractivity contribution is 5.98. The summed E-state index contributed by atoms with van der Waals surface area (Å²) in [6, 6.07) is 5.89. The first-order valence-corrected chi connectivity index (χ1v) is 8.89. The summed E-state index contributed by atoms with van der Waals surface area (Å²) in [6.07, 6.45) is 6.15. The molecule has 138 valence electrons. The number of aromatic nitrogens is 3. The number of aryl methyl sites for hydroxylation is 1. The Morgan fingerprint density at radius 3 is 2.88 bits per heavy atom. The third kappa shape index (κ3) is 4.38. The van der Waals surface area contributed by atoms with Crippen LogP contribution in [0.2, 0.25) is 0 Å². The topological polar surface area (TPSA) is 78.7 Å². The molecule has 26 heavy (non-hydrogen) atoms. The molecule has 1 saturated heterocycles. The van der Waals surface area contributed by atoms with Gasteiger partial charge in [-0.25, -0.2) is 0 Å². The maximum atomic E-state index is 12.6. The zero-order valence-electron chi connectivity index (χ0n) is 15.3. The molecule has 1 aliphatic rings. The number of carbonyl (C=O) groups excluding carboxylic acids is 1. The maximum Gasteiger partial charge on any atom is 0.246 e. The van der Waals surface area contributed by atoms with Crippen LogP contribution in [-0.2, 0) is 18.3 Å². The van der Waals surface area contributed by atoms with Crippen molar-refractivity contribution in [2.75, 3.05) is 37.6 Å². The first-order chi connectivity index (χ1) is 12.7. The maximum absolute atomic E-state index is 12.6. The normalized spacial score (nSPS) is 15.5. The largest absolute Gasteiger partial charge is 0.357 e. The Labute approximate surface area is 153 Å². The lowest BCUT2D eigenvalue weighted by Gasteiger charge is -2.35. The minimum Gasteiger partial charge on any atom is -0.357 e. The van der Waals surface area contributed by atoms with E-state index in [0.29, 0.717) is 19.6 Å². The molecule has 0 atom stereocenters. The Morgan fingerprint density at radius 1 is 1.35 bits per heavy atom. The minimum atomic E-state index is 0.0552. The van der Waals surface area contributed by atoms with Gasteiger partial charge in [0.2, 0.25) is 5.91 Å². The molecule has 0 bridgehead atoms. The number of hydrogen-bond acceptors (Lipinski definition) is 4. The molecule has 0 saturated carbocycles. The van der Waals surface area contributed by atoms with E-state index in [1.807, 2.05) is 43.3 Å². The van der Waals surface area contributed by atoms with E-state index in [2.05, 4.69) is 20.4 Å². The van der Waals surface area contributed by atoms with E-state index in [9.17, 15) is 4.79 Å². The SMILES string of the molecule is CCNC(=NCCc1ccccn1)N1CCN(c2cnn(C)c2)C(=O)C1. The molecule has 0 spiro atoms. The van der Waals surface area contributed by atoms with Gasteiger partial charge in [0, 0.05) is 57.7 Å². The molecule has 0 aromatic carbocycles. The van der Waals surface area contributed by atoms with Gasteiger partial charge in [-0.15, -0.1) is 0 Å². The fourth-order valence-electron chi connectivity index (χ4n) is 2.92. The summed E-state index contributed by atoms with van der Waals surface area (Å²) in [7, 11) is 1.85. The van der Waals surface area contributed by atoms with Crippen LogP contribution in [0.25, 0.3) is 0 Å². The van der Waals surface area contributed by atoms with Crippen molar-refractivity contribution in [2.24, 2.45) is 12.0 Å². The van der Waals surface area contributed by atoms with E-state index in [0.717, 1.165) is 36.9 Å². The van der Waals surface area contributed by atoms with Crippen LogP contribution >= 0.6 is 0 Å². The second kappa shape index (κ2) is 8.46. The molecule has 8 heteroatoms. The van der Waals surface area contributed by atoms with Crippen LogP contribution in [-0.4, -0.2) is 64.3 Å². The number of guanidine groups is 1. The number of hydrogen-bond donors (Lipinski definition) is 1. The zero-order chi connectivity index (χ0) is 18.4. The highest BCUT2D eigenvalue weighted by Gasteiger charge is 2.27. The van der Waals surface area contributed by atoms with Crippen molar-refractivity contribution in [3.8, 4) is 0 Å². The Morgan fingerprint density at radius 2 is 2.23 bits per heavy atom. The predicted octanol–water partition coefficient (Wildman–Crippen LogP) is 0.672. The minimum absolute atomic E-state index is 0.0552. The van der Waals surface area contributed by atoms with Gasteiger partial charge >= 0.3 is 0 Å². The van der Waals surface area contributed by atoms with Crippen molar-refractivity contribution in [2.45, 2.75) is 13.3 Å². The van der Waals surface area contributed by atoms with Crippen molar-refractivity contribution >= 4 is 17.6 Å². The van der Waals surface area contributed by atoms with Gasteiger partial charge in [0.25, 0.3) is 0 Å². The average molecular weight is 355 g/mol. The Kier molecular flexibility index (Phi) is 5.83. The van der Waals surface area contributed by atoms with E-state index in [1.54, 1.807) is 22.0 Å². The summed E-state index contributed by atoms with van der Waals surface area (Å²) in [5.41, 5.74) is 1.86. The van der Waals surface area contributed by atoms with Gasteiger partial charge in [0.1, 0.15) is 6.54 Å². The number of piperazine rings is 1. The number of anilines is 1. The molecule has 2 aromatic heterocycles. The number of aliphatic imine (C=N–C) groups is 1. The lowest BCUT2D eigenvalue weighted by Crippen LogP contribution is -2.55. The number of amides is 1. The summed E-state index contributed by atoms with van der Waals surface area (Å²) < 4.78 is 1.71. The molecular weight excluding hydrogens is 330 g/mol. The molecule has 2 aromatic rings. The van der Waals surface area contributed by atoms with E-state index < -0.39 is 0 Å². The third-order valence-electron chi connectivity index (χ3n) is 4.21. The molecule has 1 aliphatic heterocycles. The number of rotatable bonds is 5. The first kappa shape index (κ1) is 17.9. The fourth-order valence-corrected chi connectivity index (χ4v) is 2.92. The quantitative estimate of drug-likeness (QED) is 0.630. The monoisotopic (exact) mass is 355 g/mol. The molecule has 3 rings (SSSR count). The Bertz CT molecular complexity index is 756. The predicted molar refractivity (Wildman–Crippen MR) is 101 cm³/mol. The summed E-state index contributed by atoms with van der Waals surface area (Å²) in [4.78, 5) is 25.4. The molecule has 8 nitrogen and oxygen atoms in total. The van der Waals surface area contributed by atoms with Crippen LogP contribution in [0.1, 0.15) is 12.6 Å². The van der Waals surface area contributed by atoms with Gasteiger partial charge < -0.3 is 15.1 Å². The van der Waals surface area contributed by atoms with Crippen molar-refractivity contribution < 1.29 is 4.79 Å². The highest BCUT2D eigenvalue weighted by Crippen LogP contribution is 2.16. The highest BCUT2D eigenvalue weighted by atomic mass is 16.2. The van der Waals surface area contributed by atoms with E-state index in [4.69, 9.17) is 0 Å². The average Bonchev–Trinajstić information content (AvgIpc) is 3.08. The second-order valence-electron chi connectivity index (χ2n) is 6.15. The molecule has 0 radical (unpaired) electrons. The van der Waals surface area contributed by atoms with Crippen molar-refractivity contribution in [3.63, 3.8) is 0 Å². The molecule has 1 fully saturated rings. The Balaban J connectivity index is 1.61. The van der Waals surface area contributed by atoms with Crippen molar-refractivity contribution in [3.05, 3.63) is 42.5 Å². The lowest BCUT2D eigenvalue weighted by atomic mass is 10.3. The van der Waals surface area contributed by atoms with Gasteiger partial charge in [0.05, 0.1) is 11.9 Å². The van der Waals surface area contributed by atoms with Crippen LogP contribution in [0, 0.1) is 0 Å². The van der Waals surface area contributed by atoms with Crippen molar-refractivity contribution in [1.29, 1.82) is 0 Å². The molecule has 0 aliphatic carbocycles. The molecule has 3 heterocycles. The fraction of sp³-hybridized carbons (Fsp3) is 0.444. The standard InChI is InChI=1S/C18H25N7O/c1-3-19-18(21-9-7-15-6-4-5-8-20-15)24-10-11-25(17(26)14-24)16-12-22-23(2)13-16/h4-6,8,12-13H,3,7,9-11,14H2,1-2H3,(H,19,21). The lowest BCUT2D eigenvalue weighted by molar-refractivity contribution is -0.120. The number of nitrogens with zero attached hydrogens (tertiary/aromatic N) is 6. The van der Waals surface area contributed by atoms with E-state index >= 15 is 0 Å². The van der Waals surface area contributed by atoms with Gasteiger partial charge in [-0.1, -0.05) is 6.07 Å². The van der Waals surface area contributed by atoms with Crippen LogP contribution in [0.5, 0.6) is 0 Å². The smallest absolute Gasteiger partial charge is 0.246 e. The van der Waals surface area contributed by atoms with Crippen LogP contribution in [0.4, 0.5) is 5.69 Å². The van der Waals surface area contributed by atoms with Crippen LogP contribution in [0.15, 0.2) is 41.8 Å². The van der Waals surface area contributed by atoms with Crippen LogP contribution < -0.4 is 10.2 Å². The first-order valence-electron chi connectivity index (χ1n) is 8.89. The summed E-state index contributed by atoms with van der Waals surface area (Å²) in [5.74, 6) is 0.835. The van der Waals surface area contributed by atoms with E-state index in [-0.39, 0.29) is 5.91 Å². The van der Waals surface area contributed by atoms with Gasteiger partial charge in [-0.2, -0.15) is 5.10 Å².